The summed E-state index contributed by atoms with van der Waals surface area (Å²) in [6.45, 7) is 0. The third kappa shape index (κ3) is 1.72. The number of rotatable bonds is 2. The first kappa shape index (κ1) is 10.8. The summed E-state index contributed by atoms with van der Waals surface area (Å²) in [6.07, 6.45) is 0. The maximum Gasteiger partial charge on any atom is 0.336 e. The minimum Gasteiger partial charge on any atom is -0.478 e. The minimum absolute atomic E-state index is 0.244. The van der Waals surface area contributed by atoms with Gasteiger partial charge in [-0.05, 0) is 12.1 Å². The molecule has 0 amide bonds. The highest BCUT2D eigenvalue weighted by molar-refractivity contribution is 7.22. The number of aromatic nitrogens is 1. The van der Waals surface area contributed by atoms with Crippen LogP contribution in [0.2, 0.25) is 4.47 Å². The summed E-state index contributed by atoms with van der Waals surface area (Å²) in [5, 5.41) is 17.7. The molecular formula is C9H4ClNO4S. The maximum absolute atomic E-state index is 10.9. The molecule has 16 heavy (non-hydrogen) atoms. The van der Waals surface area contributed by atoms with Crippen molar-refractivity contribution >= 4 is 45.1 Å². The van der Waals surface area contributed by atoms with Gasteiger partial charge in [0.1, 0.15) is 0 Å². The van der Waals surface area contributed by atoms with Gasteiger partial charge in [-0.15, -0.1) is 11.3 Å². The molecule has 0 spiro atoms. The molecule has 0 unspecified atom stereocenters. The highest BCUT2D eigenvalue weighted by Crippen LogP contribution is 2.28. The lowest BCUT2D eigenvalue weighted by atomic mass is 10.1. The van der Waals surface area contributed by atoms with E-state index < -0.39 is 11.9 Å². The van der Waals surface area contributed by atoms with Crippen LogP contribution in [0.1, 0.15) is 20.7 Å². The Morgan fingerprint density at radius 2 is 1.75 bits per heavy atom. The van der Waals surface area contributed by atoms with E-state index in [0.717, 1.165) is 11.3 Å². The van der Waals surface area contributed by atoms with E-state index >= 15 is 0 Å². The first-order valence-corrected chi connectivity index (χ1v) is 5.25. The van der Waals surface area contributed by atoms with Gasteiger partial charge in [0, 0.05) is 0 Å². The van der Waals surface area contributed by atoms with Crippen molar-refractivity contribution in [2.45, 2.75) is 0 Å². The number of fused-ring (bicyclic) bond motifs is 1. The summed E-state index contributed by atoms with van der Waals surface area (Å²) in [4.78, 5) is 25.6. The van der Waals surface area contributed by atoms with Crippen molar-refractivity contribution in [3.8, 4) is 0 Å². The number of carboxylic acids is 2. The van der Waals surface area contributed by atoms with Gasteiger partial charge < -0.3 is 10.2 Å². The van der Waals surface area contributed by atoms with Crippen LogP contribution in [0.3, 0.4) is 0 Å². The SMILES string of the molecule is O=C(O)c1cc2nc(Cl)sc2cc1C(=O)O. The van der Waals surface area contributed by atoms with Crippen LogP contribution in [0.15, 0.2) is 12.1 Å². The van der Waals surface area contributed by atoms with Crippen molar-refractivity contribution in [2.75, 3.05) is 0 Å². The van der Waals surface area contributed by atoms with Gasteiger partial charge in [0.15, 0.2) is 4.47 Å². The number of aromatic carboxylic acids is 2. The first-order chi connectivity index (χ1) is 7.49. The molecule has 0 atom stereocenters. The fraction of sp³-hybridized carbons (Fsp3) is 0. The van der Waals surface area contributed by atoms with Crippen LogP contribution >= 0.6 is 22.9 Å². The lowest BCUT2D eigenvalue weighted by Gasteiger charge is -2.00. The lowest BCUT2D eigenvalue weighted by Crippen LogP contribution is -2.07. The van der Waals surface area contributed by atoms with Crippen molar-refractivity contribution in [2.24, 2.45) is 0 Å². The molecule has 82 valence electrons. The predicted octanol–water partition coefficient (Wildman–Crippen LogP) is 2.35. The van der Waals surface area contributed by atoms with Crippen LogP contribution in [0, 0.1) is 0 Å². The zero-order valence-corrected chi connectivity index (χ0v) is 9.17. The van der Waals surface area contributed by atoms with E-state index in [1.54, 1.807) is 0 Å². The summed E-state index contributed by atoms with van der Waals surface area (Å²) in [7, 11) is 0. The van der Waals surface area contributed by atoms with Gasteiger partial charge in [0.25, 0.3) is 0 Å². The summed E-state index contributed by atoms with van der Waals surface area (Å²) in [5.41, 5.74) is -0.167. The summed E-state index contributed by atoms with van der Waals surface area (Å²) < 4.78 is 0.793. The van der Waals surface area contributed by atoms with E-state index in [9.17, 15) is 9.59 Å². The van der Waals surface area contributed by atoms with Gasteiger partial charge in [0.2, 0.25) is 0 Å². The summed E-state index contributed by atoms with van der Waals surface area (Å²) >= 11 is 6.76. The van der Waals surface area contributed by atoms with Crippen molar-refractivity contribution in [1.82, 2.24) is 4.98 Å². The van der Waals surface area contributed by atoms with Crippen LogP contribution in [0.5, 0.6) is 0 Å². The van der Waals surface area contributed by atoms with Crippen molar-refractivity contribution in [3.63, 3.8) is 0 Å². The molecule has 0 radical (unpaired) electrons. The third-order valence-electron chi connectivity index (χ3n) is 1.96. The van der Waals surface area contributed by atoms with E-state index in [1.807, 2.05) is 0 Å². The van der Waals surface area contributed by atoms with Crippen molar-refractivity contribution < 1.29 is 19.8 Å². The Balaban J connectivity index is 2.80. The van der Waals surface area contributed by atoms with Crippen molar-refractivity contribution in [1.29, 1.82) is 0 Å². The number of halogens is 1. The number of carboxylic acid groups (broad SMARTS) is 2. The second kappa shape index (κ2) is 3.73. The Kier molecular flexibility index (Phi) is 2.53. The molecule has 2 N–H and O–H groups in total. The second-order valence-electron chi connectivity index (χ2n) is 2.94. The number of carbonyl (C=O) groups is 2. The van der Waals surface area contributed by atoms with Gasteiger partial charge in [0.05, 0.1) is 21.3 Å². The monoisotopic (exact) mass is 257 g/mol. The fourth-order valence-corrected chi connectivity index (χ4v) is 2.35. The molecule has 0 aliphatic carbocycles. The standard InChI is InChI=1S/C9H4ClNO4S/c10-9-11-5-1-3(7(12)13)4(8(14)15)2-6(5)16-9/h1-2H,(H,12,13)(H,14,15). The number of benzene rings is 1. The van der Waals surface area contributed by atoms with E-state index in [4.69, 9.17) is 21.8 Å². The molecule has 1 aromatic carbocycles. The highest BCUT2D eigenvalue weighted by Gasteiger charge is 2.18. The van der Waals surface area contributed by atoms with E-state index in [-0.39, 0.29) is 15.6 Å². The molecule has 0 aliphatic rings. The van der Waals surface area contributed by atoms with Crippen molar-refractivity contribution in [3.05, 3.63) is 27.7 Å². The average molecular weight is 258 g/mol. The fourth-order valence-electron chi connectivity index (χ4n) is 1.30. The minimum atomic E-state index is -1.30. The molecule has 2 rings (SSSR count). The molecular weight excluding hydrogens is 254 g/mol. The largest absolute Gasteiger partial charge is 0.478 e. The van der Waals surface area contributed by atoms with Crippen LogP contribution < -0.4 is 0 Å². The Bertz CT molecular complexity index is 556. The second-order valence-corrected chi connectivity index (χ2v) is 4.56. The maximum atomic E-state index is 10.9. The lowest BCUT2D eigenvalue weighted by molar-refractivity contribution is 0.0652. The number of hydrogen-bond donors (Lipinski definition) is 2. The molecule has 7 heteroatoms. The Hall–Kier alpha value is -1.66. The van der Waals surface area contributed by atoms with Crippen LogP contribution in [0.25, 0.3) is 10.2 Å². The molecule has 2 aromatic rings. The Morgan fingerprint density at radius 1 is 1.19 bits per heavy atom. The average Bonchev–Trinajstić information content (AvgIpc) is 2.54. The smallest absolute Gasteiger partial charge is 0.336 e. The van der Waals surface area contributed by atoms with Gasteiger partial charge in [-0.2, -0.15) is 0 Å². The van der Waals surface area contributed by atoms with Gasteiger partial charge in [-0.25, -0.2) is 14.6 Å². The number of hydrogen-bond acceptors (Lipinski definition) is 4. The van der Waals surface area contributed by atoms with Gasteiger partial charge >= 0.3 is 11.9 Å². The Labute approximate surface area is 97.9 Å². The Morgan fingerprint density at radius 3 is 2.31 bits per heavy atom. The van der Waals surface area contributed by atoms with Gasteiger partial charge in [-0.1, -0.05) is 11.6 Å². The third-order valence-corrected chi connectivity index (χ3v) is 3.09. The molecule has 0 aliphatic heterocycles. The zero-order valence-electron chi connectivity index (χ0n) is 7.60. The molecule has 1 heterocycles. The summed E-state index contributed by atoms with van der Waals surface area (Å²) in [5.74, 6) is -2.59. The molecule has 0 saturated heterocycles. The zero-order chi connectivity index (χ0) is 11.9. The van der Waals surface area contributed by atoms with Crippen LogP contribution in [-0.2, 0) is 0 Å². The predicted molar refractivity (Wildman–Crippen MR) is 58.5 cm³/mol. The molecule has 0 bridgehead atoms. The molecule has 0 saturated carbocycles. The van der Waals surface area contributed by atoms with Crippen LogP contribution in [-0.4, -0.2) is 27.1 Å². The topological polar surface area (TPSA) is 87.5 Å². The van der Waals surface area contributed by atoms with E-state index in [0.29, 0.717) is 10.2 Å². The normalized spacial score (nSPS) is 10.6. The van der Waals surface area contributed by atoms with Gasteiger partial charge in [-0.3, -0.25) is 0 Å². The van der Waals surface area contributed by atoms with E-state index in [1.165, 1.54) is 12.1 Å². The summed E-state index contributed by atoms with van der Waals surface area (Å²) in [6, 6.07) is 2.48. The molecule has 1 aromatic heterocycles. The quantitative estimate of drug-likeness (QED) is 0.862. The van der Waals surface area contributed by atoms with Crippen LogP contribution in [0.4, 0.5) is 0 Å². The highest BCUT2D eigenvalue weighted by atomic mass is 35.5. The molecule has 0 fully saturated rings. The first-order valence-electron chi connectivity index (χ1n) is 4.05. The van der Waals surface area contributed by atoms with E-state index in [2.05, 4.69) is 4.98 Å². The number of nitrogens with zero attached hydrogens (tertiary/aromatic N) is 1. The molecule has 5 nitrogen and oxygen atoms in total. The number of thiazole rings is 1.